The zero-order valence-corrected chi connectivity index (χ0v) is 11.5. The number of halogens is 2. The molecule has 0 radical (unpaired) electrons. The number of thioether (sulfide) groups is 1. The Labute approximate surface area is 114 Å². The van der Waals surface area contributed by atoms with Gasteiger partial charge in [-0.15, -0.1) is 0 Å². The second kappa shape index (κ2) is 6.58. The van der Waals surface area contributed by atoms with Crippen LogP contribution in [0.2, 0.25) is 10.6 Å². The number of hydrogen-bond donors (Lipinski definition) is 1. The fourth-order valence-corrected chi connectivity index (χ4v) is 2.90. The highest BCUT2D eigenvalue weighted by molar-refractivity contribution is 7.99. The SMILES string of the molecule is Clc1nc(Cl)nc(NCCN2CCSCC2)n1. The van der Waals surface area contributed by atoms with Gasteiger partial charge in [-0.05, 0) is 23.2 Å². The van der Waals surface area contributed by atoms with Crippen LogP contribution < -0.4 is 5.32 Å². The summed E-state index contributed by atoms with van der Waals surface area (Å²) in [5, 5.41) is 3.32. The van der Waals surface area contributed by atoms with Crippen LogP contribution in [0.25, 0.3) is 0 Å². The molecule has 8 heteroatoms. The van der Waals surface area contributed by atoms with E-state index in [1.54, 1.807) is 0 Å². The molecular weight excluding hydrogens is 281 g/mol. The van der Waals surface area contributed by atoms with E-state index in [1.807, 2.05) is 11.8 Å². The van der Waals surface area contributed by atoms with Crippen molar-refractivity contribution in [3.8, 4) is 0 Å². The molecule has 0 bridgehead atoms. The molecule has 1 N–H and O–H groups in total. The lowest BCUT2D eigenvalue weighted by atomic mass is 10.4. The third-order valence-corrected chi connectivity index (χ3v) is 3.68. The Morgan fingerprint density at radius 3 is 2.41 bits per heavy atom. The van der Waals surface area contributed by atoms with Crippen LogP contribution in [0.5, 0.6) is 0 Å². The molecule has 0 aliphatic carbocycles. The van der Waals surface area contributed by atoms with Crippen LogP contribution in [0.1, 0.15) is 0 Å². The molecule has 0 aromatic carbocycles. The van der Waals surface area contributed by atoms with Gasteiger partial charge in [0.15, 0.2) is 0 Å². The third-order valence-electron chi connectivity index (χ3n) is 2.40. The van der Waals surface area contributed by atoms with E-state index in [0.29, 0.717) is 5.95 Å². The van der Waals surface area contributed by atoms with Gasteiger partial charge in [0.1, 0.15) is 0 Å². The summed E-state index contributed by atoms with van der Waals surface area (Å²) in [6, 6.07) is 0. The fraction of sp³-hybridized carbons (Fsp3) is 0.667. The number of hydrogen-bond acceptors (Lipinski definition) is 6. The van der Waals surface area contributed by atoms with Gasteiger partial charge in [-0.1, -0.05) is 0 Å². The first-order chi connectivity index (χ1) is 8.24. The Bertz CT molecular complexity index is 352. The van der Waals surface area contributed by atoms with Crippen molar-refractivity contribution < 1.29 is 0 Å². The summed E-state index contributed by atoms with van der Waals surface area (Å²) in [7, 11) is 0. The smallest absolute Gasteiger partial charge is 0.228 e. The zero-order chi connectivity index (χ0) is 12.1. The van der Waals surface area contributed by atoms with E-state index in [9.17, 15) is 0 Å². The summed E-state index contributed by atoms with van der Waals surface area (Å²) < 4.78 is 0. The minimum absolute atomic E-state index is 0.113. The molecular formula is C9H13Cl2N5S. The maximum Gasteiger partial charge on any atom is 0.228 e. The summed E-state index contributed by atoms with van der Waals surface area (Å²) in [6.07, 6.45) is 0. The fourth-order valence-electron chi connectivity index (χ4n) is 1.56. The molecule has 1 aliphatic rings. The minimum atomic E-state index is 0.113. The van der Waals surface area contributed by atoms with Crippen molar-refractivity contribution in [3.05, 3.63) is 10.6 Å². The van der Waals surface area contributed by atoms with Crippen molar-refractivity contribution in [1.29, 1.82) is 0 Å². The Morgan fingerprint density at radius 1 is 1.12 bits per heavy atom. The Morgan fingerprint density at radius 2 is 1.76 bits per heavy atom. The maximum absolute atomic E-state index is 5.68. The highest BCUT2D eigenvalue weighted by Crippen LogP contribution is 2.10. The van der Waals surface area contributed by atoms with E-state index < -0.39 is 0 Å². The summed E-state index contributed by atoms with van der Waals surface area (Å²) in [6.45, 7) is 4.04. The lowest BCUT2D eigenvalue weighted by Gasteiger charge is -2.25. The van der Waals surface area contributed by atoms with Gasteiger partial charge in [0, 0.05) is 37.7 Å². The summed E-state index contributed by atoms with van der Waals surface area (Å²) >= 11 is 13.4. The molecule has 0 amide bonds. The molecule has 2 heterocycles. The molecule has 1 fully saturated rings. The molecule has 94 valence electrons. The van der Waals surface area contributed by atoms with E-state index in [2.05, 4.69) is 25.2 Å². The lowest BCUT2D eigenvalue weighted by molar-refractivity contribution is 0.314. The Balaban J connectivity index is 1.77. The van der Waals surface area contributed by atoms with Crippen molar-refractivity contribution >= 4 is 40.9 Å². The van der Waals surface area contributed by atoms with Crippen LogP contribution in [-0.2, 0) is 0 Å². The molecule has 0 atom stereocenters. The quantitative estimate of drug-likeness (QED) is 0.911. The largest absolute Gasteiger partial charge is 0.353 e. The van der Waals surface area contributed by atoms with E-state index in [4.69, 9.17) is 23.2 Å². The monoisotopic (exact) mass is 293 g/mol. The van der Waals surface area contributed by atoms with E-state index in [0.717, 1.165) is 26.2 Å². The van der Waals surface area contributed by atoms with Crippen molar-refractivity contribution in [3.63, 3.8) is 0 Å². The number of nitrogens with zero attached hydrogens (tertiary/aromatic N) is 4. The number of anilines is 1. The van der Waals surface area contributed by atoms with Gasteiger partial charge in [-0.25, -0.2) is 0 Å². The van der Waals surface area contributed by atoms with Crippen LogP contribution in [0.15, 0.2) is 0 Å². The molecule has 0 unspecified atom stereocenters. The predicted molar refractivity (Wildman–Crippen MR) is 72.1 cm³/mol. The van der Waals surface area contributed by atoms with Crippen molar-refractivity contribution in [2.75, 3.05) is 43.0 Å². The third kappa shape index (κ3) is 4.46. The standard InChI is InChI=1S/C9H13Cl2N5S/c10-7-13-8(11)15-9(14-7)12-1-2-16-3-5-17-6-4-16/h1-6H2,(H,12,13,14,15). The molecule has 17 heavy (non-hydrogen) atoms. The molecule has 0 spiro atoms. The van der Waals surface area contributed by atoms with Gasteiger partial charge < -0.3 is 5.32 Å². The highest BCUT2D eigenvalue weighted by atomic mass is 35.5. The summed E-state index contributed by atoms with van der Waals surface area (Å²) in [4.78, 5) is 14.0. The first-order valence-electron chi connectivity index (χ1n) is 5.35. The molecule has 0 saturated carbocycles. The average molecular weight is 294 g/mol. The summed E-state index contributed by atoms with van der Waals surface area (Å²) in [5.74, 6) is 2.86. The second-order valence-electron chi connectivity index (χ2n) is 3.58. The Kier molecular flexibility index (Phi) is 5.09. The van der Waals surface area contributed by atoms with Gasteiger partial charge in [0.05, 0.1) is 0 Å². The van der Waals surface area contributed by atoms with Crippen molar-refractivity contribution in [2.45, 2.75) is 0 Å². The first-order valence-corrected chi connectivity index (χ1v) is 7.26. The topological polar surface area (TPSA) is 53.9 Å². The average Bonchev–Trinajstić information content (AvgIpc) is 2.29. The molecule has 1 aromatic heterocycles. The molecule has 5 nitrogen and oxygen atoms in total. The van der Waals surface area contributed by atoms with Crippen molar-refractivity contribution in [1.82, 2.24) is 19.9 Å². The van der Waals surface area contributed by atoms with Crippen LogP contribution >= 0.6 is 35.0 Å². The first kappa shape index (κ1) is 13.1. The van der Waals surface area contributed by atoms with Crippen molar-refractivity contribution in [2.24, 2.45) is 0 Å². The zero-order valence-electron chi connectivity index (χ0n) is 9.20. The van der Waals surface area contributed by atoms with E-state index in [-0.39, 0.29) is 10.6 Å². The normalized spacial score (nSPS) is 17.1. The molecule has 1 aliphatic heterocycles. The maximum atomic E-state index is 5.68. The molecule has 1 saturated heterocycles. The second-order valence-corrected chi connectivity index (χ2v) is 5.48. The summed E-state index contributed by atoms with van der Waals surface area (Å²) in [5.41, 5.74) is 0. The van der Waals surface area contributed by atoms with Gasteiger partial charge in [0.2, 0.25) is 16.5 Å². The van der Waals surface area contributed by atoms with Crippen LogP contribution in [0.3, 0.4) is 0 Å². The van der Waals surface area contributed by atoms with E-state index in [1.165, 1.54) is 11.5 Å². The van der Waals surface area contributed by atoms with Crippen LogP contribution in [0.4, 0.5) is 5.95 Å². The minimum Gasteiger partial charge on any atom is -0.353 e. The van der Waals surface area contributed by atoms with Gasteiger partial charge in [-0.2, -0.15) is 26.7 Å². The Hall–Kier alpha value is -0.300. The molecule has 1 aromatic rings. The number of rotatable bonds is 4. The van der Waals surface area contributed by atoms with E-state index >= 15 is 0 Å². The predicted octanol–water partition coefficient (Wildman–Crippen LogP) is 1.64. The van der Waals surface area contributed by atoms with Gasteiger partial charge in [0.25, 0.3) is 0 Å². The van der Waals surface area contributed by atoms with Gasteiger partial charge in [-0.3, -0.25) is 4.90 Å². The highest BCUT2D eigenvalue weighted by Gasteiger charge is 2.09. The lowest BCUT2D eigenvalue weighted by Crippen LogP contribution is -2.36. The van der Waals surface area contributed by atoms with Crippen LogP contribution in [-0.4, -0.2) is 57.5 Å². The number of aromatic nitrogens is 3. The van der Waals surface area contributed by atoms with Crippen LogP contribution in [0, 0.1) is 0 Å². The molecule has 2 rings (SSSR count). The number of nitrogens with one attached hydrogen (secondary N) is 1. The van der Waals surface area contributed by atoms with Gasteiger partial charge >= 0.3 is 0 Å².